The molecule has 0 aliphatic rings. The molecule has 3 N–H and O–H groups in total. The summed E-state index contributed by atoms with van der Waals surface area (Å²) in [7, 11) is 1.30. The Balaban J connectivity index is 2.00. The van der Waals surface area contributed by atoms with E-state index < -0.39 is 12.0 Å². The molecule has 10 heteroatoms. The van der Waals surface area contributed by atoms with Crippen LogP contribution in [0, 0.1) is 5.92 Å². The number of benzene rings is 1. The van der Waals surface area contributed by atoms with Crippen LogP contribution in [-0.2, 0) is 14.3 Å². The number of nitrogens with one attached hydrogen (secondary N) is 1. The third kappa shape index (κ3) is 5.86. The summed E-state index contributed by atoms with van der Waals surface area (Å²) in [6.07, 6.45) is 0.495. The summed E-state index contributed by atoms with van der Waals surface area (Å²) >= 11 is 7.11. The first-order chi connectivity index (χ1) is 12.8. The van der Waals surface area contributed by atoms with E-state index in [-0.39, 0.29) is 17.6 Å². The summed E-state index contributed by atoms with van der Waals surface area (Å²) in [5, 5.41) is 11.7. The zero-order valence-corrected chi connectivity index (χ0v) is 16.9. The van der Waals surface area contributed by atoms with Gasteiger partial charge in [-0.2, -0.15) is 0 Å². The quantitative estimate of drug-likeness (QED) is 0.388. The molecule has 1 aromatic heterocycles. The molecule has 1 aromatic carbocycles. The minimum Gasteiger partial charge on any atom is -0.467 e. The van der Waals surface area contributed by atoms with Gasteiger partial charge in [0.25, 0.3) is 0 Å². The van der Waals surface area contributed by atoms with Crippen molar-refractivity contribution in [2.45, 2.75) is 31.5 Å². The van der Waals surface area contributed by atoms with Gasteiger partial charge in [-0.05, 0) is 24.5 Å². The number of nitrogen functional groups attached to an aromatic ring is 1. The van der Waals surface area contributed by atoms with Crippen LogP contribution in [0.5, 0.6) is 0 Å². The molecule has 0 aliphatic carbocycles. The maximum Gasteiger partial charge on any atom is 0.328 e. The molecule has 1 atom stereocenters. The fourth-order valence-electron chi connectivity index (χ4n) is 2.39. The number of halogens is 1. The van der Waals surface area contributed by atoms with Crippen LogP contribution < -0.4 is 11.2 Å². The van der Waals surface area contributed by atoms with Gasteiger partial charge < -0.3 is 15.9 Å². The Kier molecular flexibility index (Phi) is 7.49. The van der Waals surface area contributed by atoms with Crippen LogP contribution in [-0.4, -0.2) is 45.7 Å². The smallest absolute Gasteiger partial charge is 0.328 e. The summed E-state index contributed by atoms with van der Waals surface area (Å²) in [5.41, 5.74) is 0.719. The number of aromatic nitrogens is 3. The number of nitrogens with two attached hydrogens (primary N) is 1. The molecular formula is C17H22ClN5O3S. The van der Waals surface area contributed by atoms with Crippen LogP contribution >= 0.6 is 23.4 Å². The molecule has 0 saturated heterocycles. The monoisotopic (exact) mass is 411 g/mol. The first-order valence-corrected chi connectivity index (χ1v) is 9.64. The van der Waals surface area contributed by atoms with Gasteiger partial charge in [-0.15, -0.1) is 10.2 Å². The second-order valence-corrected chi connectivity index (χ2v) is 7.63. The number of hydrogen-bond donors (Lipinski definition) is 2. The number of nitrogens with zero attached hydrogens (tertiary/aromatic N) is 3. The number of thioether (sulfide) groups is 1. The third-order valence-electron chi connectivity index (χ3n) is 3.61. The summed E-state index contributed by atoms with van der Waals surface area (Å²) in [6.45, 7) is 3.93. The Morgan fingerprint density at radius 1 is 1.37 bits per heavy atom. The standard InChI is InChI=1S/C17H22ClN5O3S/c1-10(2)7-13(16(25)26-3)20-14(24)9-27-17-22-21-15(23(17)19)11-5-4-6-12(18)8-11/h4-6,8,10,13H,7,9,19H2,1-3H3,(H,20,24)/t13-/m0/s1. The van der Waals surface area contributed by atoms with Crippen molar-refractivity contribution in [1.29, 1.82) is 0 Å². The minimum absolute atomic E-state index is 0.0382. The Bertz CT molecular complexity index is 812. The van der Waals surface area contributed by atoms with Crippen LogP contribution in [0.15, 0.2) is 29.4 Å². The predicted octanol–water partition coefficient (Wildman–Crippen LogP) is 2.11. The van der Waals surface area contributed by atoms with E-state index in [1.54, 1.807) is 18.2 Å². The molecule has 0 aliphatic heterocycles. The average Bonchev–Trinajstić information content (AvgIpc) is 2.99. The van der Waals surface area contributed by atoms with Crippen LogP contribution in [0.1, 0.15) is 20.3 Å². The maximum absolute atomic E-state index is 12.2. The molecule has 0 spiro atoms. The first-order valence-electron chi connectivity index (χ1n) is 8.28. The van der Waals surface area contributed by atoms with E-state index in [0.29, 0.717) is 22.4 Å². The molecule has 2 rings (SSSR count). The van der Waals surface area contributed by atoms with E-state index in [1.165, 1.54) is 11.8 Å². The molecule has 0 fully saturated rings. The Labute approximate surface area is 166 Å². The number of rotatable bonds is 8. The molecule has 2 aromatic rings. The maximum atomic E-state index is 12.2. The van der Waals surface area contributed by atoms with Gasteiger partial charge in [-0.3, -0.25) is 4.79 Å². The van der Waals surface area contributed by atoms with Gasteiger partial charge in [0, 0.05) is 10.6 Å². The van der Waals surface area contributed by atoms with Crippen LogP contribution in [0.2, 0.25) is 5.02 Å². The van der Waals surface area contributed by atoms with E-state index in [9.17, 15) is 9.59 Å². The average molecular weight is 412 g/mol. The van der Waals surface area contributed by atoms with Crippen molar-refractivity contribution in [2.24, 2.45) is 5.92 Å². The van der Waals surface area contributed by atoms with E-state index >= 15 is 0 Å². The van der Waals surface area contributed by atoms with Crippen LogP contribution in [0.3, 0.4) is 0 Å². The Hall–Kier alpha value is -2.26. The second kappa shape index (κ2) is 9.61. The van der Waals surface area contributed by atoms with Crippen molar-refractivity contribution in [1.82, 2.24) is 20.2 Å². The van der Waals surface area contributed by atoms with Gasteiger partial charge in [0.1, 0.15) is 6.04 Å². The van der Waals surface area contributed by atoms with E-state index in [0.717, 1.165) is 17.3 Å². The van der Waals surface area contributed by atoms with Crippen molar-refractivity contribution in [3.63, 3.8) is 0 Å². The van der Waals surface area contributed by atoms with Crippen molar-refractivity contribution >= 4 is 35.2 Å². The van der Waals surface area contributed by atoms with Gasteiger partial charge in [-0.25, -0.2) is 9.47 Å². The van der Waals surface area contributed by atoms with Crippen molar-refractivity contribution in [3.05, 3.63) is 29.3 Å². The second-order valence-electron chi connectivity index (χ2n) is 6.25. The Morgan fingerprint density at radius 3 is 2.74 bits per heavy atom. The summed E-state index contributed by atoms with van der Waals surface area (Å²) in [5.74, 6) is 5.96. The van der Waals surface area contributed by atoms with Gasteiger partial charge in [-0.1, -0.05) is 49.3 Å². The number of esters is 1. The summed E-state index contributed by atoms with van der Waals surface area (Å²) in [4.78, 5) is 24.0. The fourth-order valence-corrected chi connectivity index (χ4v) is 3.25. The molecule has 8 nitrogen and oxygen atoms in total. The lowest BCUT2D eigenvalue weighted by Gasteiger charge is -2.18. The van der Waals surface area contributed by atoms with Gasteiger partial charge in [0.15, 0.2) is 5.82 Å². The van der Waals surface area contributed by atoms with E-state index in [1.807, 2.05) is 19.9 Å². The molecule has 146 valence electrons. The number of ether oxygens (including phenoxy) is 1. The van der Waals surface area contributed by atoms with Gasteiger partial charge in [0.2, 0.25) is 11.1 Å². The molecule has 0 bridgehead atoms. The first kappa shape index (κ1) is 21.0. The molecule has 0 radical (unpaired) electrons. The number of amides is 1. The number of methoxy groups -OCH3 is 1. The van der Waals surface area contributed by atoms with E-state index in [2.05, 4.69) is 15.5 Å². The number of carbonyl (C=O) groups excluding carboxylic acids is 2. The van der Waals surface area contributed by atoms with Gasteiger partial charge >= 0.3 is 5.97 Å². The number of carbonyl (C=O) groups is 2. The van der Waals surface area contributed by atoms with E-state index in [4.69, 9.17) is 22.2 Å². The highest BCUT2D eigenvalue weighted by molar-refractivity contribution is 7.99. The van der Waals surface area contributed by atoms with Crippen LogP contribution in [0.25, 0.3) is 11.4 Å². The zero-order chi connectivity index (χ0) is 20.0. The van der Waals surface area contributed by atoms with Crippen molar-refractivity contribution < 1.29 is 14.3 Å². The summed E-state index contributed by atoms with van der Waals surface area (Å²) in [6, 6.07) is 6.39. The zero-order valence-electron chi connectivity index (χ0n) is 15.3. The lowest BCUT2D eigenvalue weighted by molar-refractivity contribution is -0.145. The van der Waals surface area contributed by atoms with Crippen molar-refractivity contribution in [3.8, 4) is 11.4 Å². The number of hydrogen-bond acceptors (Lipinski definition) is 7. The predicted molar refractivity (Wildman–Crippen MR) is 105 cm³/mol. The topological polar surface area (TPSA) is 112 Å². The lowest BCUT2D eigenvalue weighted by Crippen LogP contribution is -2.43. The van der Waals surface area contributed by atoms with Gasteiger partial charge in [0.05, 0.1) is 12.9 Å². The largest absolute Gasteiger partial charge is 0.467 e. The molecule has 27 heavy (non-hydrogen) atoms. The van der Waals surface area contributed by atoms with Crippen molar-refractivity contribution in [2.75, 3.05) is 18.7 Å². The fraction of sp³-hybridized carbons (Fsp3) is 0.412. The third-order valence-corrected chi connectivity index (χ3v) is 4.79. The molecule has 1 amide bonds. The normalized spacial score (nSPS) is 12.0. The molecule has 0 unspecified atom stereocenters. The highest BCUT2D eigenvalue weighted by Gasteiger charge is 2.23. The summed E-state index contributed by atoms with van der Waals surface area (Å²) < 4.78 is 6.04. The molecule has 1 heterocycles. The minimum atomic E-state index is -0.680. The highest BCUT2D eigenvalue weighted by atomic mass is 35.5. The highest BCUT2D eigenvalue weighted by Crippen LogP contribution is 2.23. The SMILES string of the molecule is COC(=O)[C@H](CC(C)C)NC(=O)CSc1nnc(-c2cccc(Cl)c2)n1N. The lowest BCUT2D eigenvalue weighted by atomic mass is 10.0. The molecular weight excluding hydrogens is 390 g/mol. The Morgan fingerprint density at radius 2 is 2.11 bits per heavy atom. The molecule has 0 saturated carbocycles. The van der Waals surface area contributed by atoms with Crippen LogP contribution in [0.4, 0.5) is 0 Å².